The number of nitrogens with one attached hydrogen (secondary N) is 2. The molecule has 0 radical (unpaired) electrons. The number of benzene rings is 2. The second-order valence-corrected chi connectivity index (χ2v) is 5.91. The number of amides is 3. The van der Waals surface area contributed by atoms with Gasteiger partial charge in [-0.1, -0.05) is 29.8 Å². The summed E-state index contributed by atoms with van der Waals surface area (Å²) in [5.41, 5.74) is 7.47. The van der Waals surface area contributed by atoms with Gasteiger partial charge >= 0.3 is 12.0 Å². The average Bonchev–Trinajstić information content (AvgIpc) is 2.61. The van der Waals surface area contributed by atoms with Gasteiger partial charge < -0.3 is 21.1 Å². The van der Waals surface area contributed by atoms with E-state index >= 15 is 0 Å². The van der Waals surface area contributed by atoms with Crippen molar-refractivity contribution in [1.82, 2.24) is 5.32 Å². The Kier molecular flexibility index (Phi) is 6.57. The maximum absolute atomic E-state index is 12.0. The first-order valence-electron chi connectivity index (χ1n) is 7.70. The van der Waals surface area contributed by atoms with E-state index in [9.17, 15) is 14.4 Å². The molecule has 2 rings (SSSR count). The first-order chi connectivity index (χ1) is 12.3. The lowest BCUT2D eigenvalue weighted by molar-refractivity contribution is -0.119. The lowest BCUT2D eigenvalue weighted by Crippen LogP contribution is -2.28. The number of aryl methyl sites for hydroxylation is 1. The molecule has 0 saturated carbocycles. The van der Waals surface area contributed by atoms with Crippen LogP contribution in [0.2, 0.25) is 5.02 Å². The molecule has 26 heavy (non-hydrogen) atoms. The Balaban J connectivity index is 1.84. The minimum absolute atomic E-state index is 0.256. The van der Waals surface area contributed by atoms with Crippen LogP contribution in [-0.4, -0.2) is 24.5 Å². The molecular formula is C18H18ClN3O4. The highest BCUT2D eigenvalue weighted by molar-refractivity contribution is 6.31. The Hall–Kier alpha value is -3.06. The molecule has 0 unspecified atom stereocenters. The molecule has 0 heterocycles. The molecule has 0 aliphatic carbocycles. The number of hydrogen-bond donors (Lipinski definition) is 3. The van der Waals surface area contributed by atoms with Crippen LogP contribution in [0.5, 0.6) is 0 Å². The van der Waals surface area contributed by atoms with Gasteiger partial charge in [0.05, 0.1) is 5.56 Å². The van der Waals surface area contributed by atoms with Crippen molar-refractivity contribution < 1.29 is 19.1 Å². The number of anilines is 1. The quantitative estimate of drug-likeness (QED) is 0.674. The largest absolute Gasteiger partial charge is 0.452 e. The molecule has 136 valence electrons. The highest BCUT2D eigenvalue weighted by atomic mass is 35.5. The second kappa shape index (κ2) is 8.87. The Morgan fingerprint density at radius 3 is 2.42 bits per heavy atom. The van der Waals surface area contributed by atoms with Gasteiger partial charge in [-0.05, 0) is 42.3 Å². The fraction of sp³-hybridized carbons (Fsp3) is 0.167. The number of esters is 1. The van der Waals surface area contributed by atoms with Crippen LogP contribution in [0.4, 0.5) is 10.5 Å². The number of hydrogen-bond acceptors (Lipinski definition) is 4. The van der Waals surface area contributed by atoms with Crippen molar-refractivity contribution >= 4 is 35.2 Å². The number of halogens is 1. The zero-order valence-electron chi connectivity index (χ0n) is 14.0. The summed E-state index contributed by atoms with van der Waals surface area (Å²) in [6.45, 7) is 1.69. The maximum atomic E-state index is 12.0. The third-order valence-corrected chi connectivity index (χ3v) is 3.85. The van der Waals surface area contributed by atoms with E-state index in [0.717, 1.165) is 11.1 Å². The van der Waals surface area contributed by atoms with E-state index in [0.29, 0.717) is 16.3 Å². The highest BCUT2D eigenvalue weighted by Gasteiger charge is 2.11. The van der Waals surface area contributed by atoms with Crippen LogP contribution in [0.1, 0.15) is 21.5 Å². The lowest BCUT2D eigenvalue weighted by atomic mass is 10.1. The van der Waals surface area contributed by atoms with Gasteiger partial charge in [0.25, 0.3) is 5.91 Å². The molecule has 0 aromatic heterocycles. The zero-order valence-corrected chi connectivity index (χ0v) is 14.8. The van der Waals surface area contributed by atoms with Gasteiger partial charge in [-0.3, -0.25) is 4.79 Å². The zero-order chi connectivity index (χ0) is 19.1. The van der Waals surface area contributed by atoms with Crippen molar-refractivity contribution in [3.8, 4) is 0 Å². The number of rotatable bonds is 6. The summed E-state index contributed by atoms with van der Waals surface area (Å²) < 4.78 is 4.98. The molecular weight excluding hydrogens is 358 g/mol. The molecule has 0 atom stereocenters. The smallest absolute Gasteiger partial charge is 0.338 e. The summed E-state index contributed by atoms with van der Waals surface area (Å²) >= 11 is 5.99. The van der Waals surface area contributed by atoms with Gasteiger partial charge in [-0.25, -0.2) is 9.59 Å². The number of urea groups is 1. The Morgan fingerprint density at radius 1 is 1.12 bits per heavy atom. The van der Waals surface area contributed by atoms with E-state index in [1.807, 2.05) is 6.92 Å². The highest BCUT2D eigenvalue weighted by Crippen LogP contribution is 2.19. The summed E-state index contributed by atoms with van der Waals surface area (Å²) in [6.07, 6.45) is 0. The third kappa shape index (κ3) is 5.78. The van der Waals surface area contributed by atoms with Gasteiger partial charge in [-0.15, -0.1) is 0 Å². The molecule has 2 aromatic carbocycles. The number of nitrogens with two attached hydrogens (primary N) is 1. The topological polar surface area (TPSA) is 111 Å². The predicted octanol–water partition coefficient (Wildman–Crippen LogP) is 2.61. The lowest BCUT2D eigenvalue weighted by Gasteiger charge is -2.08. The minimum atomic E-state index is -0.630. The number of ether oxygens (including phenoxy) is 1. The first-order valence-corrected chi connectivity index (χ1v) is 8.08. The van der Waals surface area contributed by atoms with Crippen LogP contribution in [0.15, 0.2) is 42.5 Å². The summed E-state index contributed by atoms with van der Waals surface area (Å²) in [5, 5.41) is 5.58. The minimum Gasteiger partial charge on any atom is -0.452 e. The van der Waals surface area contributed by atoms with Crippen LogP contribution in [-0.2, 0) is 16.1 Å². The van der Waals surface area contributed by atoms with Crippen molar-refractivity contribution in [2.24, 2.45) is 5.73 Å². The molecule has 0 fully saturated rings. The van der Waals surface area contributed by atoms with Crippen molar-refractivity contribution in [2.45, 2.75) is 13.5 Å². The number of carbonyl (C=O) groups is 3. The molecule has 2 aromatic rings. The molecule has 0 spiro atoms. The first kappa shape index (κ1) is 19.3. The fourth-order valence-electron chi connectivity index (χ4n) is 2.03. The molecule has 0 bridgehead atoms. The fourth-order valence-corrected chi connectivity index (χ4v) is 2.21. The molecule has 0 aliphatic heterocycles. The van der Waals surface area contributed by atoms with Gasteiger partial charge in [0, 0.05) is 17.3 Å². The van der Waals surface area contributed by atoms with Crippen LogP contribution >= 0.6 is 11.6 Å². The van der Waals surface area contributed by atoms with Crippen LogP contribution in [0, 0.1) is 6.92 Å². The van der Waals surface area contributed by atoms with E-state index in [1.54, 1.807) is 30.3 Å². The molecule has 7 nitrogen and oxygen atoms in total. The molecule has 4 N–H and O–H groups in total. The van der Waals surface area contributed by atoms with Gasteiger partial charge in [0.15, 0.2) is 6.61 Å². The summed E-state index contributed by atoms with van der Waals surface area (Å²) in [4.78, 5) is 34.5. The van der Waals surface area contributed by atoms with E-state index in [4.69, 9.17) is 22.1 Å². The van der Waals surface area contributed by atoms with E-state index in [-0.39, 0.29) is 6.54 Å². The van der Waals surface area contributed by atoms with Gasteiger partial charge in [-0.2, -0.15) is 0 Å². The van der Waals surface area contributed by atoms with Crippen LogP contribution in [0.3, 0.4) is 0 Å². The van der Waals surface area contributed by atoms with Crippen molar-refractivity contribution in [1.29, 1.82) is 0 Å². The van der Waals surface area contributed by atoms with E-state index in [1.165, 1.54) is 12.1 Å². The maximum Gasteiger partial charge on any atom is 0.338 e. The monoisotopic (exact) mass is 375 g/mol. The Labute approximate surface area is 155 Å². The second-order valence-electron chi connectivity index (χ2n) is 5.50. The van der Waals surface area contributed by atoms with Crippen molar-refractivity contribution in [3.05, 3.63) is 64.2 Å². The van der Waals surface area contributed by atoms with Crippen molar-refractivity contribution in [2.75, 3.05) is 11.9 Å². The molecule has 3 amide bonds. The van der Waals surface area contributed by atoms with Gasteiger partial charge in [0.1, 0.15) is 0 Å². The molecule has 8 heteroatoms. The summed E-state index contributed by atoms with van der Waals surface area (Å²) in [5.74, 6) is -1.10. The standard InChI is InChI=1S/C18H18ClN3O4/c1-11-2-7-14(8-15(11)19)22-16(23)10-26-17(24)13-5-3-12(4-6-13)9-21-18(20)25/h2-8H,9-10H2,1H3,(H,22,23)(H3,20,21,25). The normalized spacial score (nSPS) is 10.1. The predicted molar refractivity (Wildman–Crippen MR) is 98.0 cm³/mol. The van der Waals surface area contributed by atoms with Crippen molar-refractivity contribution in [3.63, 3.8) is 0 Å². The summed E-state index contributed by atoms with van der Waals surface area (Å²) in [7, 11) is 0. The molecule has 0 aliphatic rings. The van der Waals surface area contributed by atoms with Gasteiger partial charge in [0.2, 0.25) is 0 Å². The Morgan fingerprint density at radius 2 is 1.81 bits per heavy atom. The van der Waals surface area contributed by atoms with Crippen LogP contribution in [0.25, 0.3) is 0 Å². The summed E-state index contributed by atoms with van der Waals surface area (Å²) in [6, 6.07) is 10.9. The van der Waals surface area contributed by atoms with E-state index < -0.39 is 24.5 Å². The number of carbonyl (C=O) groups excluding carboxylic acids is 3. The number of primary amides is 1. The third-order valence-electron chi connectivity index (χ3n) is 3.45. The average molecular weight is 376 g/mol. The molecule has 0 saturated heterocycles. The SMILES string of the molecule is Cc1ccc(NC(=O)COC(=O)c2ccc(CNC(N)=O)cc2)cc1Cl. The van der Waals surface area contributed by atoms with E-state index in [2.05, 4.69) is 10.6 Å². The Bertz CT molecular complexity index is 822. The van der Waals surface area contributed by atoms with Crippen LogP contribution < -0.4 is 16.4 Å².